The number of aliphatic hydroxyl groups excluding tert-OH is 4. The first-order chi connectivity index (χ1) is 20.8. The third-order valence-electron chi connectivity index (χ3n) is 6.03. The number of pyridine rings is 2. The first-order valence-corrected chi connectivity index (χ1v) is 13.6. The Labute approximate surface area is 257 Å². The molecule has 0 saturated carbocycles. The van der Waals surface area contributed by atoms with Crippen molar-refractivity contribution >= 4 is 24.1 Å². The minimum atomic E-state index is -2.36. The van der Waals surface area contributed by atoms with Crippen LogP contribution < -0.4 is 20.1 Å². The summed E-state index contributed by atoms with van der Waals surface area (Å²) < 4.78 is 10.2. The van der Waals surface area contributed by atoms with E-state index in [1.807, 2.05) is 38.6 Å². The van der Waals surface area contributed by atoms with Crippen molar-refractivity contribution in [1.29, 1.82) is 0 Å². The standard InChI is InChI=1S/2C12H18N2O.C6H10O8/c2*1-10(13-2)5-4-6-11-7-12(15-3)9-14-8-11;7-1(3(9)5(11)12)2(8)4(10)6(13)14/h2*4,6-10,13H,5H2,1-3H3;1-4,7-10H,(H,11,12)(H,13,14)/b2*6-4+;/t2*10-;1-,2+,3+,4-/m00./s1. The predicted octanol–water partition coefficient (Wildman–Crippen LogP) is 0.802. The maximum Gasteiger partial charge on any atom is 0.335 e. The van der Waals surface area contributed by atoms with E-state index in [2.05, 4.69) is 58.8 Å². The lowest BCUT2D eigenvalue weighted by Crippen LogP contribution is -2.49. The van der Waals surface area contributed by atoms with Crippen LogP contribution in [0.25, 0.3) is 12.2 Å². The summed E-state index contributed by atoms with van der Waals surface area (Å²) in [4.78, 5) is 28.3. The fraction of sp³-hybridized carbons (Fsp3) is 0.467. The van der Waals surface area contributed by atoms with Gasteiger partial charge in [-0.05, 0) is 64.0 Å². The Morgan fingerprint density at radius 1 is 0.727 bits per heavy atom. The Bertz CT molecular complexity index is 1070. The highest BCUT2D eigenvalue weighted by molar-refractivity contribution is 5.75. The molecular weight excluding hydrogens is 576 g/mol. The lowest BCUT2D eigenvalue weighted by atomic mass is 10.0. The van der Waals surface area contributed by atoms with Crippen LogP contribution in [0.3, 0.4) is 0 Å². The average Bonchev–Trinajstić information content (AvgIpc) is 3.03. The second-order valence-corrected chi connectivity index (χ2v) is 9.52. The van der Waals surface area contributed by atoms with Gasteiger partial charge in [0.2, 0.25) is 0 Å². The Morgan fingerprint density at radius 3 is 1.34 bits per heavy atom. The van der Waals surface area contributed by atoms with Crippen molar-refractivity contribution in [3.05, 3.63) is 60.2 Å². The van der Waals surface area contributed by atoms with Crippen molar-refractivity contribution in [3.8, 4) is 11.5 Å². The summed E-state index contributed by atoms with van der Waals surface area (Å²) in [6.07, 6.45) is 8.17. The van der Waals surface area contributed by atoms with Gasteiger partial charge < -0.3 is 50.7 Å². The Balaban J connectivity index is 0.000000631. The van der Waals surface area contributed by atoms with E-state index in [0.29, 0.717) is 12.1 Å². The molecule has 14 heteroatoms. The first-order valence-electron chi connectivity index (χ1n) is 13.6. The quantitative estimate of drug-likeness (QED) is 0.138. The molecule has 246 valence electrons. The van der Waals surface area contributed by atoms with Gasteiger partial charge >= 0.3 is 11.9 Å². The maximum absolute atomic E-state index is 10.1. The number of aromatic nitrogens is 2. The van der Waals surface area contributed by atoms with Crippen molar-refractivity contribution in [1.82, 2.24) is 20.6 Å². The van der Waals surface area contributed by atoms with Gasteiger partial charge in [-0.1, -0.05) is 24.3 Å². The summed E-state index contributed by atoms with van der Waals surface area (Å²) >= 11 is 0. The lowest BCUT2D eigenvalue weighted by Gasteiger charge is -2.21. The van der Waals surface area contributed by atoms with Gasteiger partial charge in [-0.3, -0.25) is 9.97 Å². The number of rotatable bonds is 15. The third-order valence-corrected chi connectivity index (χ3v) is 6.03. The fourth-order valence-electron chi connectivity index (χ4n) is 2.99. The zero-order valence-corrected chi connectivity index (χ0v) is 25.9. The number of aliphatic carboxylic acids is 2. The van der Waals surface area contributed by atoms with Crippen LogP contribution in [0.5, 0.6) is 11.5 Å². The number of nitrogens with one attached hydrogen (secondary N) is 2. The van der Waals surface area contributed by atoms with Crippen LogP contribution in [0.4, 0.5) is 0 Å². The zero-order valence-electron chi connectivity index (χ0n) is 25.9. The van der Waals surface area contributed by atoms with E-state index in [1.54, 1.807) is 26.6 Å². The molecule has 6 atom stereocenters. The molecule has 44 heavy (non-hydrogen) atoms. The molecule has 0 aromatic carbocycles. The molecule has 0 unspecified atom stereocenters. The molecule has 0 spiro atoms. The van der Waals surface area contributed by atoms with Gasteiger partial charge in [0.05, 0.1) is 26.6 Å². The Morgan fingerprint density at radius 2 is 1.07 bits per heavy atom. The van der Waals surface area contributed by atoms with Crippen molar-refractivity contribution in [2.45, 2.75) is 63.2 Å². The van der Waals surface area contributed by atoms with Crippen molar-refractivity contribution in [2.75, 3.05) is 28.3 Å². The molecule has 0 fully saturated rings. The smallest absolute Gasteiger partial charge is 0.335 e. The molecule has 2 aromatic heterocycles. The largest absolute Gasteiger partial charge is 0.495 e. The topological polar surface area (TPSA) is 224 Å². The van der Waals surface area contributed by atoms with Crippen LogP contribution in [-0.2, 0) is 9.59 Å². The molecular formula is C30H46N4O10. The van der Waals surface area contributed by atoms with Crippen LogP contribution in [-0.4, -0.2) is 117 Å². The molecule has 2 aromatic rings. The molecule has 0 aliphatic carbocycles. The van der Waals surface area contributed by atoms with Crippen LogP contribution in [0, 0.1) is 0 Å². The number of hydrogen-bond acceptors (Lipinski definition) is 12. The van der Waals surface area contributed by atoms with Gasteiger partial charge in [-0.15, -0.1) is 0 Å². The Kier molecular flexibility index (Phi) is 20.6. The summed E-state index contributed by atoms with van der Waals surface area (Å²) in [5.74, 6) is -2.10. The van der Waals surface area contributed by atoms with Gasteiger partial charge in [0, 0.05) is 24.5 Å². The number of nitrogens with zero attached hydrogens (tertiary/aromatic N) is 2. The van der Waals surface area contributed by atoms with Crippen LogP contribution in [0.1, 0.15) is 37.8 Å². The van der Waals surface area contributed by atoms with Crippen LogP contribution >= 0.6 is 0 Å². The van der Waals surface area contributed by atoms with Crippen LogP contribution in [0.2, 0.25) is 0 Å². The zero-order chi connectivity index (χ0) is 33.7. The molecule has 0 bridgehead atoms. The van der Waals surface area contributed by atoms with Crippen molar-refractivity contribution in [3.63, 3.8) is 0 Å². The van der Waals surface area contributed by atoms with Gasteiger partial charge in [-0.25, -0.2) is 9.59 Å². The molecule has 14 nitrogen and oxygen atoms in total. The minimum absolute atomic E-state index is 0.500. The van der Waals surface area contributed by atoms with Crippen LogP contribution in [0.15, 0.2) is 49.1 Å². The SMILES string of the molecule is CN[C@@H](C)C/C=C/c1cncc(OC)c1.CN[C@@H](C)C/C=C/c1cncc(OC)c1.O=C(O)[C@@H](O)[C@H](O)[C@H](O)[C@@H](O)C(=O)O. The molecule has 0 amide bonds. The number of ether oxygens (including phenoxy) is 2. The van der Waals surface area contributed by atoms with E-state index >= 15 is 0 Å². The van der Waals surface area contributed by atoms with Gasteiger partial charge in [0.1, 0.15) is 23.7 Å². The molecule has 0 radical (unpaired) electrons. The molecule has 0 aliphatic heterocycles. The third kappa shape index (κ3) is 16.6. The van der Waals surface area contributed by atoms with E-state index < -0.39 is 36.4 Å². The van der Waals surface area contributed by atoms with Gasteiger partial charge in [0.15, 0.2) is 12.2 Å². The molecule has 2 heterocycles. The average molecular weight is 623 g/mol. The number of carboxylic acids is 2. The lowest BCUT2D eigenvalue weighted by molar-refractivity contribution is -0.172. The molecule has 8 N–H and O–H groups in total. The normalized spacial score (nSPS) is 15.0. The Hall–Kier alpha value is -3.92. The second kappa shape index (κ2) is 22.6. The number of carbonyl (C=O) groups is 2. The first kappa shape index (κ1) is 40.1. The summed E-state index contributed by atoms with van der Waals surface area (Å²) in [7, 11) is 7.22. The molecule has 0 saturated heterocycles. The number of hydrogen-bond donors (Lipinski definition) is 8. The maximum atomic E-state index is 10.1. The van der Waals surface area contributed by atoms with Crippen molar-refractivity contribution < 1.29 is 49.7 Å². The fourth-order valence-corrected chi connectivity index (χ4v) is 2.99. The molecule has 2 rings (SSSR count). The van der Waals surface area contributed by atoms with Gasteiger partial charge in [0.25, 0.3) is 0 Å². The highest BCUT2D eigenvalue weighted by Gasteiger charge is 2.37. The monoisotopic (exact) mass is 622 g/mol. The number of methoxy groups -OCH3 is 2. The molecule has 0 aliphatic rings. The highest BCUT2D eigenvalue weighted by Crippen LogP contribution is 2.13. The second-order valence-electron chi connectivity index (χ2n) is 9.52. The summed E-state index contributed by atoms with van der Waals surface area (Å²) in [6, 6.07) is 4.93. The summed E-state index contributed by atoms with van der Waals surface area (Å²) in [5.41, 5.74) is 2.13. The van der Waals surface area contributed by atoms with Crippen molar-refractivity contribution in [2.24, 2.45) is 0 Å². The van der Waals surface area contributed by atoms with E-state index in [4.69, 9.17) is 40.1 Å². The predicted molar refractivity (Wildman–Crippen MR) is 165 cm³/mol. The summed E-state index contributed by atoms with van der Waals surface area (Å²) in [5, 5.41) is 57.8. The van der Waals surface area contributed by atoms with E-state index in [-0.39, 0.29) is 0 Å². The number of aliphatic hydroxyl groups is 4. The van der Waals surface area contributed by atoms with E-state index in [1.165, 1.54) is 0 Å². The van der Waals surface area contributed by atoms with E-state index in [0.717, 1.165) is 35.5 Å². The van der Waals surface area contributed by atoms with E-state index in [9.17, 15) is 9.59 Å². The number of carboxylic acid groups (broad SMARTS) is 2. The minimum Gasteiger partial charge on any atom is -0.495 e. The highest BCUT2D eigenvalue weighted by atomic mass is 16.5. The summed E-state index contributed by atoms with van der Waals surface area (Å²) in [6.45, 7) is 4.29. The van der Waals surface area contributed by atoms with Gasteiger partial charge in [-0.2, -0.15) is 0 Å².